The SMILES string of the molecule is CCOC(=O)C1CCN(C(=O)CSc2nc(Cl)cc(N3CCN(C(=O)CC(C)C)C(C)C3)n2)CC1. The van der Waals surface area contributed by atoms with E-state index in [2.05, 4.69) is 28.7 Å². The van der Waals surface area contributed by atoms with Gasteiger partial charge < -0.3 is 19.4 Å². The van der Waals surface area contributed by atoms with E-state index >= 15 is 0 Å². The van der Waals surface area contributed by atoms with E-state index in [1.807, 2.05) is 11.8 Å². The number of piperidine rings is 1. The maximum atomic E-state index is 12.7. The summed E-state index contributed by atoms with van der Waals surface area (Å²) in [5.74, 6) is 1.12. The van der Waals surface area contributed by atoms with Crippen LogP contribution in [0.2, 0.25) is 5.15 Å². The van der Waals surface area contributed by atoms with Gasteiger partial charge in [0.1, 0.15) is 11.0 Å². The zero-order valence-electron chi connectivity index (χ0n) is 21.0. The Kier molecular flexibility index (Phi) is 10.0. The maximum Gasteiger partial charge on any atom is 0.309 e. The van der Waals surface area contributed by atoms with Crippen LogP contribution in [0.1, 0.15) is 47.0 Å². The van der Waals surface area contributed by atoms with Crippen molar-refractivity contribution in [1.82, 2.24) is 19.8 Å². The van der Waals surface area contributed by atoms with Crippen LogP contribution in [-0.2, 0) is 19.1 Å². The maximum absolute atomic E-state index is 12.7. The number of rotatable bonds is 8. The molecule has 0 radical (unpaired) electrons. The van der Waals surface area contributed by atoms with E-state index in [0.717, 1.165) is 0 Å². The fourth-order valence-corrected chi connectivity index (χ4v) is 5.44. The van der Waals surface area contributed by atoms with Gasteiger partial charge in [-0.2, -0.15) is 0 Å². The molecule has 9 nitrogen and oxygen atoms in total. The summed E-state index contributed by atoms with van der Waals surface area (Å²) in [5, 5.41) is 0.777. The second-order valence-electron chi connectivity index (χ2n) is 9.51. The molecule has 2 aliphatic heterocycles. The van der Waals surface area contributed by atoms with Crippen LogP contribution in [0.25, 0.3) is 0 Å². The number of piperazine rings is 1. The smallest absolute Gasteiger partial charge is 0.309 e. The van der Waals surface area contributed by atoms with Crippen molar-refractivity contribution in [1.29, 1.82) is 0 Å². The molecule has 1 aromatic heterocycles. The van der Waals surface area contributed by atoms with Gasteiger partial charge in [-0.1, -0.05) is 37.2 Å². The van der Waals surface area contributed by atoms with Crippen LogP contribution in [0, 0.1) is 11.8 Å². The summed E-state index contributed by atoms with van der Waals surface area (Å²) in [6.07, 6.45) is 1.80. The molecule has 0 spiro atoms. The lowest BCUT2D eigenvalue weighted by molar-refractivity contribution is -0.151. The number of esters is 1. The number of carbonyl (C=O) groups is 3. The predicted molar refractivity (Wildman–Crippen MR) is 137 cm³/mol. The van der Waals surface area contributed by atoms with Crippen LogP contribution in [0.3, 0.4) is 0 Å². The van der Waals surface area contributed by atoms with Gasteiger partial charge in [-0.25, -0.2) is 9.97 Å². The highest BCUT2D eigenvalue weighted by atomic mass is 35.5. The van der Waals surface area contributed by atoms with Crippen molar-refractivity contribution in [2.45, 2.75) is 58.2 Å². The summed E-state index contributed by atoms with van der Waals surface area (Å²) in [4.78, 5) is 51.9. The van der Waals surface area contributed by atoms with Crippen LogP contribution < -0.4 is 4.90 Å². The van der Waals surface area contributed by atoms with E-state index in [1.54, 1.807) is 17.9 Å². The summed E-state index contributed by atoms with van der Waals surface area (Å²) in [5.41, 5.74) is 0. The number of hydrogen-bond acceptors (Lipinski definition) is 8. The lowest BCUT2D eigenvalue weighted by Crippen LogP contribution is -2.54. The molecule has 35 heavy (non-hydrogen) atoms. The Balaban J connectivity index is 1.53. The van der Waals surface area contributed by atoms with Gasteiger partial charge in [-0.05, 0) is 32.6 Å². The van der Waals surface area contributed by atoms with Gasteiger partial charge >= 0.3 is 5.97 Å². The van der Waals surface area contributed by atoms with Gasteiger partial charge in [-0.3, -0.25) is 14.4 Å². The van der Waals surface area contributed by atoms with Crippen LogP contribution in [0.15, 0.2) is 11.2 Å². The van der Waals surface area contributed by atoms with Crippen LogP contribution in [-0.4, -0.2) is 88.7 Å². The fourth-order valence-electron chi connectivity index (χ4n) is 4.46. The summed E-state index contributed by atoms with van der Waals surface area (Å²) in [6.45, 7) is 11.4. The van der Waals surface area contributed by atoms with Crippen molar-refractivity contribution in [2.24, 2.45) is 11.8 Å². The molecule has 1 aromatic rings. The van der Waals surface area contributed by atoms with Crippen molar-refractivity contribution in [3.63, 3.8) is 0 Å². The van der Waals surface area contributed by atoms with Crippen molar-refractivity contribution in [3.05, 3.63) is 11.2 Å². The van der Waals surface area contributed by atoms with Crippen molar-refractivity contribution >= 4 is 47.0 Å². The molecule has 194 valence electrons. The van der Waals surface area contributed by atoms with Gasteiger partial charge in [-0.15, -0.1) is 0 Å². The first kappa shape index (κ1) is 27.5. The fraction of sp³-hybridized carbons (Fsp3) is 0.708. The van der Waals surface area contributed by atoms with E-state index < -0.39 is 0 Å². The number of amides is 2. The van der Waals surface area contributed by atoms with Gasteiger partial charge in [0.2, 0.25) is 11.8 Å². The predicted octanol–water partition coefficient (Wildman–Crippen LogP) is 3.11. The van der Waals surface area contributed by atoms with Crippen molar-refractivity contribution < 1.29 is 19.1 Å². The highest BCUT2D eigenvalue weighted by molar-refractivity contribution is 7.99. The van der Waals surface area contributed by atoms with E-state index in [1.165, 1.54) is 11.8 Å². The highest BCUT2D eigenvalue weighted by Gasteiger charge is 2.30. The molecular weight excluding hydrogens is 490 g/mol. The third-order valence-electron chi connectivity index (χ3n) is 6.31. The molecular formula is C24H36ClN5O4S. The molecule has 1 atom stereocenters. The second-order valence-corrected chi connectivity index (χ2v) is 10.8. The van der Waals surface area contributed by atoms with E-state index in [-0.39, 0.29) is 35.5 Å². The summed E-state index contributed by atoms with van der Waals surface area (Å²) in [6, 6.07) is 1.80. The zero-order chi connectivity index (χ0) is 25.5. The molecule has 1 unspecified atom stereocenters. The first-order valence-electron chi connectivity index (χ1n) is 12.3. The van der Waals surface area contributed by atoms with Crippen LogP contribution in [0.4, 0.5) is 5.82 Å². The Hall–Kier alpha value is -2.07. The number of likely N-dealkylation sites (tertiary alicyclic amines) is 1. The normalized spacial score (nSPS) is 19.3. The molecule has 0 bridgehead atoms. The molecule has 2 amide bonds. The lowest BCUT2D eigenvalue weighted by atomic mass is 9.97. The Morgan fingerprint density at radius 2 is 1.86 bits per heavy atom. The number of aromatic nitrogens is 2. The molecule has 11 heteroatoms. The number of halogens is 1. The van der Waals surface area contributed by atoms with E-state index in [4.69, 9.17) is 16.3 Å². The van der Waals surface area contributed by atoms with Crippen LogP contribution >= 0.6 is 23.4 Å². The largest absolute Gasteiger partial charge is 0.466 e. The molecule has 2 aliphatic rings. The highest BCUT2D eigenvalue weighted by Crippen LogP contribution is 2.26. The third kappa shape index (κ3) is 7.70. The van der Waals surface area contributed by atoms with E-state index in [9.17, 15) is 14.4 Å². The quantitative estimate of drug-likeness (QED) is 0.221. The topological polar surface area (TPSA) is 95.9 Å². The molecule has 3 heterocycles. The molecule has 0 saturated carbocycles. The number of thioether (sulfide) groups is 1. The Morgan fingerprint density at radius 3 is 2.49 bits per heavy atom. The Bertz CT molecular complexity index is 910. The minimum Gasteiger partial charge on any atom is -0.466 e. The number of nitrogens with zero attached hydrogens (tertiary/aromatic N) is 5. The van der Waals surface area contributed by atoms with Crippen LogP contribution in [0.5, 0.6) is 0 Å². The van der Waals surface area contributed by atoms with Crippen molar-refractivity contribution in [2.75, 3.05) is 50.0 Å². The number of hydrogen-bond donors (Lipinski definition) is 0. The van der Waals surface area contributed by atoms with Gasteiger partial charge in [0.05, 0.1) is 18.3 Å². The number of carbonyl (C=O) groups excluding carboxylic acids is 3. The summed E-state index contributed by atoms with van der Waals surface area (Å²) < 4.78 is 5.10. The zero-order valence-corrected chi connectivity index (χ0v) is 22.6. The molecule has 2 fully saturated rings. The molecule has 0 N–H and O–H groups in total. The number of ether oxygens (including phenoxy) is 1. The average molecular weight is 526 g/mol. The van der Waals surface area contributed by atoms with Gasteiger partial charge in [0.25, 0.3) is 0 Å². The summed E-state index contributed by atoms with van der Waals surface area (Å²) in [7, 11) is 0. The Labute approximate surface area is 216 Å². The summed E-state index contributed by atoms with van der Waals surface area (Å²) >= 11 is 7.54. The van der Waals surface area contributed by atoms with Crippen molar-refractivity contribution in [3.8, 4) is 0 Å². The second kappa shape index (κ2) is 12.8. The molecule has 0 aliphatic carbocycles. The van der Waals surface area contributed by atoms with Gasteiger partial charge in [0.15, 0.2) is 5.16 Å². The molecule has 3 rings (SSSR count). The number of anilines is 1. The monoisotopic (exact) mass is 525 g/mol. The first-order chi connectivity index (χ1) is 16.7. The third-order valence-corrected chi connectivity index (χ3v) is 7.33. The average Bonchev–Trinajstić information content (AvgIpc) is 2.82. The molecule has 2 saturated heterocycles. The minimum absolute atomic E-state index is 0.00617. The lowest BCUT2D eigenvalue weighted by Gasteiger charge is -2.40. The van der Waals surface area contributed by atoms with Gasteiger partial charge in [0, 0.05) is 51.3 Å². The standard InChI is InChI=1S/C24H36ClN5O4S/c1-5-34-23(33)18-6-8-28(9-7-18)22(32)15-35-24-26-19(25)13-20(27-24)29-10-11-30(17(4)14-29)21(31)12-16(2)3/h13,16-18H,5-12,14-15H2,1-4H3. The Morgan fingerprint density at radius 1 is 1.14 bits per heavy atom. The first-order valence-corrected chi connectivity index (χ1v) is 13.7. The minimum atomic E-state index is -0.173. The molecule has 0 aromatic carbocycles. The van der Waals surface area contributed by atoms with E-state index in [0.29, 0.717) is 80.6 Å².